The van der Waals surface area contributed by atoms with Gasteiger partial charge in [-0.3, -0.25) is 14.4 Å². The van der Waals surface area contributed by atoms with Gasteiger partial charge < -0.3 is 20.2 Å². The Morgan fingerprint density at radius 2 is 1.59 bits per heavy atom. The SMILES string of the molecule is CCCCN(CCCC)C(=O)c1cc(C)n(-c2ccc(NC(=O)Cc3cccc4ccccc34)cc2C(=O)N2Cc3ccccc3C[C@H]2CO)n1. The fourth-order valence-corrected chi connectivity index (χ4v) is 6.94. The summed E-state index contributed by atoms with van der Waals surface area (Å²) < 4.78 is 1.64. The smallest absolute Gasteiger partial charge is 0.274 e. The lowest BCUT2D eigenvalue weighted by Gasteiger charge is -2.36. The van der Waals surface area contributed by atoms with Crippen LogP contribution in [0.15, 0.2) is 91.0 Å². The van der Waals surface area contributed by atoms with Gasteiger partial charge in [0.05, 0.1) is 30.3 Å². The van der Waals surface area contributed by atoms with E-state index in [0.717, 1.165) is 53.1 Å². The topological polar surface area (TPSA) is 108 Å². The largest absolute Gasteiger partial charge is 0.394 e. The number of nitrogens with zero attached hydrogens (tertiary/aromatic N) is 4. The standard InChI is InChI=1S/C42H47N5O4/c1-4-6-21-45(22-7-5-2)42(51)38-23-29(3)47(44-38)39-20-19-34(43-40(49)25-32-17-12-16-30-13-10-11-18-36(30)32)26-37(39)41(50)46-27-33-15-9-8-14-31(33)24-35(46)28-48/h8-20,23,26,35,48H,4-7,21-22,24-25,27-28H2,1-3H3,(H,43,49)/t35-/m0/s1. The molecule has 0 spiro atoms. The van der Waals surface area contributed by atoms with Crippen molar-refractivity contribution in [3.05, 3.63) is 125 Å². The number of anilines is 1. The van der Waals surface area contributed by atoms with Crippen LogP contribution >= 0.6 is 0 Å². The minimum Gasteiger partial charge on any atom is -0.394 e. The second-order valence-corrected chi connectivity index (χ2v) is 13.4. The number of rotatable bonds is 13. The Labute approximate surface area is 299 Å². The maximum atomic E-state index is 14.6. The molecule has 3 amide bonds. The molecule has 1 aliphatic heterocycles. The number of aliphatic hydroxyl groups excluding tert-OH is 1. The van der Waals surface area contributed by atoms with E-state index in [1.54, 1.807) is 33.8 Å². The summed E-state index contributed by atoms with van der Waals surface area (Å²) in [6.45, 7) is 7.56. The van der Waals surface area contributed by atoms with E-state index >= 15 is 0 Å². The van der Waals surface area contributed by atoms with Gasteiger partial charge in [0.1, 0.15) is 0 Å². The van der Waals surface area contributed by atoms with Crippen LogP contribution in [0.25, 0.3) is 16.5 Å². The van der Waals surface area contributed by atoms with E-state index in [2.05, 4.69) is 19.2 Å². The molecular formula is C42H47N5O4. The molecule has 2 heterocycles. The summed E-state index contributed by atoms with van der Waals surface area (Å²) in [6, 6.07) is 28.4. The number of aliphatic hydroxyl groups is 1. The summed E-state index contributed by atoms with van der Waals surface area (Å²) in [5.74, 6) is -0.629. The van der Waals surface area contributed by atoms with Crippen molar-refractivity contribution >= 4 is 34.2 Å². The molecule has 0 aliphatic carbocycles. The van der Waals surface area contributed by atoms with Crippen LogP contribution in [0, 0.1) is 6.92 Å². The lowest BCUT2D eigenvalue weighted by atomic mass is 9.93. The first-order chi connectivity index (χ1) is 24.8. The number of amides is 3. The predicted molar refractivity (Wildman–Crippen MR) is 201 cm³/mol. The predicted octanol–water partition coefficient (Wildman–Crippen LogP) is 7.12. The summed E-state index contributed by atoms with van der Waals surface area (Å²) in [7, 11) is 0. The first kappa shape index (κ1) is 35.5. The minimum absolute atomic E-state index is 0.128. The number of fused-ring (bicyclic) bond motifs is 2. The Morgan fingerprint density at radius 3 is 2.33 bits per heavy atom. The van der Waals surface area contributed by atoms with Gasteiger partial charge in [0, 0.05) is 31.0 Å². The molecule has 5 aromatic rings. The van der Waals surface area contributed by atoms with E-state index < -0.39 is 6.04 Å². The molecule has 9 nitrogen and oxygen atoms in total. The molecule has 51 heavy (non-hydrogen) atoms. The number of hydrogen-bond acceptors (Lipinski definition) is 5. The van der Waals surface area contributed by atoms with Gasteiger partial charge in [0.2, 0.25) is 5.91 Å². The van der Waals surface area contributed by atoms with Crippen LogP contribution in [0.1, 0.15) is 82.8 Å². The third kappa shape index (κ3) is 7.89. The van der Waals surface area contributed by atoms with Gasteiger partial charge in [-0.25, -0.2) is 4.68 Å². The van der Waals surface area contributed by atoms with Crippen molar-refractivity contribution in [2.24, 2.45) is 0 Å². The van der Waals surface area contributed by atoms with Gasteiger partial charge in [-0.2, -0.15) is 5.10 Å². The first-order valence-electron chi connectivity index (χ1n) is 18.1. The lowest BCUT2D eigenvalue weighted by Crippen LogP contribution is -2.46. The molecule has 6 rings (SSSR count). The molecule has 0 radical (unpaired) electrons. The van der Waals surface area contributed by atoms with E-state index in [1.807, 2.05) is 78.6 Å². The molecule has 4 aromatic carbocycles. The van der Waals surface area contributed by atoms with Crippen molar-refractivity contribution in [2.45, 2.75) is 71.9 Å². The third-order valence-corrected chi connectivity index (χ3v) is 9.75. The molecule has 0 saturated carbocycles. The summed E-state index contributed by atoms with van der Waals surface area (Å²) in [5.41, 5.74) is 5.35. The zero-order valence-corrected chi connectivity index (χ0v) is 29.8. The summed E-state index contributed by atoms with van der Waals surface area (Å²) in [4.78, 5) is 45.4. The van der Waals surface area contributed by atoms with Gasteiger partial charge in [0.25, 0.3) is 11.8 Å². The number of aromatic nitrogens is 2. The fourth-order valence-electron chi connectivity index (χ4n) is 6.94. The maximum absolute atomic E-state index is 14.6. The van der Waals surface area contributed by atoms with E-state index in [4.69, 9.17) is 5.10 Å². The van der Waals surface area contributed by atoms with Crippen molar-refractivity contribution in [2.75, 3.05) is 25.0 Å². The second-order valence-electron chi connectivity index (χ2n) is 13.4. The van der Waals surface area contributed by atoms with E-state index in [-0.39, 0.29) is 30.7 Å². The van der Waals surface area contributed by atoms with Crippen molar-refractivity contribution in [3.8, 4) is 5.69 Å². The molecule has 264 valence electrons. The van der Waals surface area contributed by atoms with Crippen molar-refractivity contribution < 1.29 is 19.5 Å². The molecule has 9 heteroatoms. The fraction of sp³-hybridized carbons (Fsp3) is 0.333. The number of hydrogen-bond donors (Lipinski definition) is 2. The van der Waals surface area contributed by atoms with Crippen LogP contribution in [-0.2, 0) is 24.2 Å². The highest BCUT2D eigenvalue weighted by Crippen LogP contribution is 2.29. The van der Waals surface area contributed by atoms with Crippen LogP contribution in [0.3, 0.4) is 0 Å². The van der Waals surface area contributed by atoms with Crippen LogP contribution in [0.2, 0.25) is 0 Å². The Bertz CT molecular complexity index is 2020. The maximum Gasteiger partial charge on any atom is 0.274 e. The highest BCUT2D eigenvalue weighted by molar-refractivity contribution is 6.01. The highest BCUT2D eigenvalue weighted by atomic mass is 16.3. The number of nitrogens with one attached hydrogen (secondary N) is 1. The summed E-state index contributed by atoms with van der Waals surface area (Å²) >= 11 is 0. The summed E-state index contributed by atoms with van der Waals surface area (Å²) in [5, 5.41) is 20.3. The van der Waals surface area contributed by atoms with Crippen LogP contribution < -0.4 is 5.32 Å². The zero-order valence-electron chi connectivity index (χ0n) is 29.8. The van der Waals surface area contributed by atoms with Gasteiger partial charge >= 0.3 is 0 Å². The molecule has 0 unspecified atom stereocenters. The van der Waals surface area contributed by atoms with E-state index in [1.165, 1.54) is 0 Å². The zero-order chi connectivity index (χ0) is 35.9. The first-order valence-corrected chi connectivity index (χ1v) is 18.1. The van der Waals surface area contributed by atoms with Gasteiger partial charge in [-0.05, 0) is 77.9 Å². The van der Waals surface area contributed by atoms with Gasteiger partial charge in [-0.15, -0.1) is 0 Å². The van der Waals surface area contributed by atoms with Gasteiger partial charge in [0.15, 0.2) is 5.69 Å². The third-order valence-electron chi connectivity index (χ3n) is 9.75. The Kier molecular flexibility index (Phi) is 11.3. The van der Waals surface area contributed by atoms with Crippen LogP contribution in [-0.4, -0.2) is 68.1 Å². The molecular weight excluding hydrogens is 638 g/mol. The number of aryl methyl sites for hydroxylation is 1. The highest BCUT2D eigenvalue weighted by Gasteiger charge is 2.32. The second kappa shape index (κ2) is 16.2. The number of carbonyl (C=O) groups excluding carboxylic acids is 3. The van der Waals surface area contributed by atoms with Crippen molar-refractivity contribution in [1.82, 2.24) is 19.6 Å². The Morgan fingerprint density at radius 1 is 0.882 bits per heavy atom. The normalized spacial score (nSPS) is 14.0. The lowest BCUT2D eigenvalue weighted by molar-refractivity contribution is -0.115. The number of benzene rings is 4. The van der Waals surface area contributed by atoms with Crippen molar-refractivity contribution in [3.63, 3.8) is 0 Å². The average Bonchev–Trinajstić information content (AvgIpc) is 3.54. The molecule has 0 fully saturated rings. The molecule has 0 bridgehead atoms. The van der Waals surface area contributed by atoms with Crippen LogP contribution in [0.5, 0.6) is 0 Å². The monoisotopic (exact) mass is 685 g/mol. The Hall–Kier alpha value is -5.28. The van der Waals surface area contributed by atoms with E-state index in [9.17, 15) is 19.5 Å². The van der Waals surface area contributed by atoms with Crippen LogP contribution in [0.4, 0.5) is 5.69 Å². The molecule has 1 aliphatic rings. The number of carbonyl (C=O) groups is 3. The van der Waals surface area contributed by atoms with Crippen molar-refractivity contribution in [1.29, 1.82) is 0 Å². The quantitative estimate of drug-likeness (QED) is 0.137. The molecule has 1 atom stereocenters. The minimum atomic E-state index is -0.425. The molecule has 2 N–H and O–H groups in total. The average molecular weight is 686 g/mol. The number of unbranched alkanes of at least 4 members (excludes halogenated alkanes) is 2. The van der Waals surface area contributed by atoms with E-state index in [0.29, 0.717) is 54.4 Å². The molecule has 0 saturated heterocycles. The molecule has 1 aromatic heterocycles. The summed E-state index contributed by atoms with van der Waals surface area (Å²) in [6.07, 6.45) is 4.47. The van der Waals surface area contributed by atoms with Gasteiger partial charge in [-0.1, -0.05) is 93.4 Å². The Balaban J connectivity index is 1.35.